The first-order valence-electron chi connectivity index (χ1n) is 5.89. The minimum Gasteiger partial charge on any atom is -0.495 e. The largest absolute Gasteiger partial charge is 0.495 e. The molecule has 1 aromatic rings. The van der Waals surface area contributed by atoms with E-state index in [1.165, 1.54) is 29.8 Å². The Morgan fingerprint density at radius 1 is 1.26 bits per heavy atom. The van der Waals surface area contributed by atoms with Gasteiger partial charge in [-0.2, -0.15) is 12.7 Å². The molecule has 108 valence electrons. The molecule has 0 aromatic heterocycles. The highest BCUT2D eigenvalue weighted by Crippen LogP contribution is 2.29. The molecule has 0 radical (unpaired) electrons. The number of benzene rings is 1. The maximum absolute atomic E-state index is 12.3. The molecule has 0 heterocycles. The van der Waals surface area contributed by atoms with Crippen LogP contribution in [0.15, 0.2) is 24.3 Å². The average molecular weight is 288 g/mol. The third-order valence-electron chi connectivity index (χ3n) is 2.80. The lowest BCUT2D eigenvalue weighted by Gasteiger charge is -2.26. The molecule has 1 N–H and O–H groups in total. The van der Waals surface area contributed by atoms with Crippen LogP contribution in [-0.2, 0) is 10.2 Å². The Bertz CT molecular complexity index is 504. The van der Waals surface area contributed by atoms with Crippen molar-refractivity contribution in [1.82, 2.24) is 4.31 Å². The van der Waals surface area contributed by atoms with E-state index in [0.717, 1.165) is 0 Å². The van der Waals surface area contributed by atoms with Gasteiger partial charge in [0, 0.05) is 27.2 Å². The van der Waals surface area contributed by atoms with Gasteiger partial charge in [-0.1, -0.05) is 12.1 Å². The highest BCUT2D eigenvalue weighted by atomic mass is 32.2. The fraction of sp³-hybridized carbons (Fsp3) is 0.500. The number of ether oxygens (including phenoxy) is 1. The summed E-state index contributed by atoms with van der Waals surface area (Å²) in [5.41, 5.74) is 0.473. The van der Waals surface area contributed by atoms with Gasteiger partial charge in [0.1, 0.15) is 5.75 Å². The fourth-order valence-electron chi connectivity index (χ4n) is 1.63. The minimum atomic E-state index is -3.62. The average Bonchev–Trinajstić information content (AvgIpc) is 2.43. The number of aliphatic hydroxyl groups excluding tert-OH is 1. The van der Waals surface area contributed by atoms with Gasteiger partial charge in [0.05, 0.1) is 12.8 Å². The van der Waals surface area contributed by atoms with Crippen molar-refractivity contribution in [3.05, 3.63) is 24.3 Å². The second-order valence-corrected chi connectivity index (χ2v) is 6.11. The number of aliphatic hydroxyl groups is 1. The van der Waals surface area contributed by atoms with E-state index in [1.54, 1.807) is 24.3 Å². The molecule has 0 bridgehead atoms. The Labute approximate surface area is 114 Å². The molecule has 19 heavy (non-hydrogen) atoms. The molecule has 0 unspecified atom stereocenters. The predicted octanol–water partition coefficient (Wildman–Crippen LogP) is 0.690. The molecular formula is C12H20N2O4S. The monoisotopic (exact) mass is 288 g/mol. The van der Waals surface area contributed by atoms with Crippen LogP contribution in [0.4, 0.5) is 5.69 Å². The second-order valence-electron chi connectivity index (χ2n) is 4.05. The number of methoxy groups -OCH3 is 1. The molecule has 0 saturated heterocycles. The molecule has 6 nitrogen and oxygen atoms in total. The van der Waals surface area contributed by atoms with Gasteiger partial charge in [-0.05, 0) is 18.6 Å². The van der Waals surface area contributed by atoms with Crippen molar-refractivity contribution in [2.75, 3.05) is 38.7 Å². The smallest absolute Gasteiger partial charge is 0.303 e. The van der Waals surface area contributed by atoms with E-state index >= 15 is 0 Å². The van der Waals surface area contributed by atoms with Gasteiger partial charge in [0.2, 0.25) is 0 Å². The summed E-state index contributed by atoms with van der Waals surface area (Å²) in [4.78, 5) is 0. The summed E-state index contributed by atoms with van der Waals surface area (Å²) in [6.45, 7) is 0.219. The van der Waals surface area contributed by atoms with Crippen LogP contribution in [0.3, 0.4) is 0 Å². The van der Waals surface area contributed by atoms with E-state index in [0.29, 0.717) is 17.9 Å². The van der Waals surface area contributed by atoms with Crippen molar-refractivity contribution >= 4 is 15.9 Å². The van der Waals surface area contributed by atoms with Gasteiger partial charge in [0.25, 0.3) is 0 Å². The number of anilines is 1. The van der Waals surface area contributed by atoms with Crippen molar-refractivity contribution < 1.29 is 18.3 Å². The Morgan fingerprint density at radius 3 is 2.47 bits per heavy atom. The SMILES string of the molecule is COc1ccccc1N(C)S(=O)(=O)N(C)CCCO. The Hall–Kier alpha value is -1.31. The third kappa shape index (κ3) is 3.59. The fourth-order valence-corrected chi connectivity index (χ4v) is 2.81. The Kier molecular flexibility index (Phi) is 5.59. The zero-order valence-corrected chi connectivity index (χ0v) is 12.2. The van der Waals surface area contributed by atoms with E-state index < -0.39 is 10.2 Å². The van der Waals surface area contributed by atoms with Crippen LogP contribution in [-0.4, -0.2) is 52.2 Å². The van der Waals surface area contributed by atoms with Gasteiger partial charge in [0.15, 0.2) is 0 Å². The Balaban J connectivity index is 3.00. The van der Waals surface area contributed by atoms with E-state index in [9.17, 15) is 8.42 Å². The maximum atomic E-state index is 12.3. The second kappa shape index (κ2) is 6.74. The molecule has 0 spiro atoms. The van der Waals surface area contributed by atoms with Crippen LogP contribution in [0.25, 0.3) is 0 Å². The molecule has 0 aliphatic rings. The highest BCUT2D eigenvalue weighted by molar-refractivity contribution is 7.90. The number of nitrogens with zero attached hydrogens (tertiary/aromatic N) is 2. The molecule has 0 saturated carbocycles. The van der Waals surface area contributed by atoms with Crippen LogP contribution >= 0.6 is 0 Å². The molecule has 0 aliphatic carbocycles. The molecule has 1 rings (SSSR count). The summed E-state index contributed by atoms with van der Waals surface area (Å²) < 4.78 is 32.2. The summed E-state index contributed by atoms with van der Waals surface area (Å²) in [5, 5.41) is 8.76. The lowest BCUT2D eigenvalue weighted by Crippen LogP contribution is -2.40. The van der Waals surface area contributed by atoms with Crippen LogP contribution in [0.2, 0.25) is 0 Å². The zero-order chi connectivity index (χ0) is 14.5. The van der Waals surface area contributed by atoms with E-state index in [-0.39, 0.29) is 13.2 Å². The molecule has 0 atom stereocenters. The number of hydrogen-bond acceptors (Lipinski definition) is 4. The molecule has 0 fully saturated rings. The van der Waals surface area contributed by atoms with Crippen molar-refractivity contribution in [3.63, 3.8) is 0 Å². The standard InChI is InChI=1S/C12H20N2O4S/c1-13(9-6-10-15)19(16,17)14(2)11-7-4-5-8-12(11)18-3/h4-5,7-8,15H,6,9-10H2,1-3H3. The van der Waals surface area contributed by atoms with Crippen LogP contribution < -0.4 is 9.04 Å². The summed E-state index contributed by atoms with van der Waals surface area (Å²) in [7, 11) is 0.831. The van der Waals surface area contributed by atoms with Gasteiger partial charge < -0.3 is 9.84 Å². The molecule has 0 aliphatic heterocycles. The van der Waals surface area contributed by atoms with Gasteiger partial charge >= 0.3 is 10.2 Å². The lowest BCUT2D eigenvalue weighted by molar-refractivity contribution is 0.275. The zero-order valence-electron chi connectivity index (χ0n) is 11.4. The van der Waals surface area contributed by atoms with Crippen LogP contribution in [0, 0.1) is 0 Å². The third-order valence-corrected chi connectivity index (χ3v) is 4.65. The quantitative estimate of drug-likeness (QED) is 0.801. The summed E-state index contributed by atoms with van der Waals surface area (Å²) in [5.74, 6) is 0.490. The summed E-state index contributed by atoms with van der Waals surface area (Å²) >= 11 is 0. The summed E-state index contributed by atoms with van der Waals surface area (Å²) in [6.07, 6.45) is 0.398. The minimum absolute atomic E-state index is 0.0434. The van der Waals surface area contributed by atoms with Crippen molar-refractivity contribution in [2.24, 2.45) is 0 Å². The Morgan fingerprint density at radius 2 is 1.89 bits per heavy atom. The normalized spacial score (nSPS) is 11.6. The number of rotatable bonds is 7. The van der Waals surface area contributed by atoms with Crippen molar-refractivity contribution in [1.29, 1.82) is 0 Å². The molecule has 0 amide bonds. The number of para-hydroxylation sites is 2. The van der Waals surface area contributed by atoms with E-state index in [4.69, 9.17) is 9.84 Å². The molecule has 1 aromatic carbocycles. The maximum Gasteiger partial charge on any atom is 0.303 e. The van der Waals surface area contributed by atoms with E-state index in [2.05, 4.69) is 0 Å². The van der Waals surface area contributed by atoms with Crippen LogP contribution in [0.1, 0.15) is 6.42 Å². The highest BCUT2D eigenvalue weighted by Gasteiger charge is 2.25. The van der Waals surface area contributed by atoms with Crippen LogP contribution in [0.5, 0.6) is 5.75 Å². The first-order chi connectivity index (χ1) is 8.95. The molecule has 7 heteroatoms. The number of hydrogen-bond donors (Lipinski definition) is 1. The lowest BCUT2D eigenvalue weighted by atomic mass is 10.3. The van der Waals surface area contributed by atoms with Gasteiger partial charge in [-0.25, -0.2) is 0 Å². The van der Waals surface area contributed by atoms with Gasteiger partial charge in [-0.15, -0.1) is 0 Å². The topological polar surface area (TPSA) is 70.1 Å². The molecular weight excluding hydrogens is 268 g/mol. The van der Waals surface area contributed by atoms with Crippen molar-refractivity contribution in [3.8, 4) is 5.75 Å². The van der Waals surface area contributed by atoms with Gasteiger partial charge in [-0.3, -0.25) is 4.31 Å². The van der Waals surface area contributed by atoms with E-state index in [1.807, 2.05) is 0 Å². The summed E-state index contributed by atoms with van der Waals surface area (Å²) in [6, 6.07) is 6.90. The predicted molar refractivity (Wildman–Crippen MR) is 74.6 cm³/mol. The first kappa shape index (κ1) is 15.7. The van der Waals surface area contributed by atoms with Crippen molar-refractivity contribution in [2.45, 2.75) is 6.42 Å². The first-order valence-corrected chi connectivity index (χ1v) is 7.29.